The molecule has 1 unspecified atom stereocenters. The summed E-state index contributed by atoms with van der Waals surface area (Å²) >= 11 is 17.1. The van der Waals surface area contributed by atoms with E-state index < -0.39 is 6.10 Å². The molecule has 0 fully saturated rings. The molecule has 108 valence electrons. The van der Waals surface area contributed by atoms with Crippen LogP contribution in [0.5, 0.6) is 0 Å². The van der Waals surface area contributed by atoms with E-state index in [1.54, 1.807) is 29.5 Å². The molecule has 1 atom stereocenters. The van der Waals surface area contributed by atoms with E-state index in [0.29, 0.717) is 22.2 Å². The Labute approximate surface area is 140 Å². The van der Waals surface area contributed by atoms with Crippen LogP contribution in [0.15, 0.2) is 34.1 Å². The van der Waals surface area contributed by atoms with Gasteiger partial charge in [0.2, 0.25) is 0 Å². The molecule has 0 aliphatic carbocycles. The lowest BCUT2D eigenvalue weighted by molar-refractivity contribution is 0.175. The molecule has 1 aromatic heterocycles. The average Bonchev–Trinajstić information content (AvgIpc) is 2.83. The predicted octanol–water partition coefficient (Wildman–Crippen LogP) is 4.68. The Balaban J connectivity index is 1.80. The highest BCUT2D eigenvalue weighted by atomic mass is 79.9. The van der Waals surface area contributed by atoms with E-state index in [1.807, 2.05) is 6.07 Å². The number of thiophene rings is 1. The Kier molecular flexibility index (Phi) is 6.33. The zero-order valence-electron chi connectivity index (χ0n) is 10.6. The largest absolute Gasteiger partial charge is 0.387 e. The SMILES string of the molecule is OC(CNCCc1ccc(Br)s1)c1cc(Cl)ccc1Cl. The highest BCUT2D eigenvalue weighted by Crippen LogP contribution is 2.26. The third-order valence-corrected chi connectivity index (χ3v) is 5.09. The zero-order chi connectivity index (χ0) is 14.5. The fourth-order valence-corrected chi connectivity index (χ4v) is 3.72. The van der Waals surface area contributed by atoms with Crippen molar-refractivity contribution in [1.82, 2.24) is 5.32 Å². The molecule has 0 saturated carbocycles. The van der Waals surface area contributed by atoms with Crippen LogP contribution < -0.4 is 5.32 Å². The monoisotopic (exact) mass is 393 g/mol. The van der Waals surface area contributed by atoms with Crippen LogP contribution in [0.2, 0.25) is 10.0 Å². The molecule has 1 heterocycles. The maximum Gasteiger partial charge on any atom is 0.0929 e. The quantitative estimate of drug-likeness (QED) is 0.697. The number of rotatable bonds is 6. The summed E-state index contributed by atoms with van der Waals surface area (Å²) < 4.78 is 1.14. The molecule has 0 aliphatic heterocycles. The van der Waals surface area contributed by atoms with Crippen molar-refractivity contribution in [1.29, 1.82) is 0 Å². The van der Waals surface area contributed by atoms with Crippen LogP contribution in [-0.2, 0) is 6.42 Å². The van der Waals surface area contributed by atoms with Crippen LogP contribution in [0.3, 0.4) is 0 Å². The molecule has 6 heteroatoms. The van der Waals surface area contributed by atoms with Crippen molar-refractivity contribution in [2.75, 3.05) is 13.1 Å². The zero-order valence-corrected chi connectivity index (χ0v) is 14.5. The Morgan fingerprint density at radius 1 is 1.25 bits per heavy atom. The molecule has 2 rings (SSSR count). The minimum absolute atomic E-state index is 0.451. The Bertz CT molecular complexity index is 576. The van der Waals surface area contributed by atoms with Crippen molar-refractivity contribution < 1.29 is 5.11 Å². The third kappa shape index (κ3) is 4.72. The second-order valence-electron chi connectivity index (χ2n) is 4.34. The number of hydrogen-bond donors (Lipinski definition) is 2. The van der Waals surface area contributed by atoms with Crippen molar-refractivity contribution in [2.45, 2.75) is 12.5 Å². The first-order chi connectivity index (χ1) is 9.56. The standard InChI is InChI=1S/C14H14BrCl2NOS/c15-14-4-2-10(20-14)5-6-18-8-13(19)11-7-9(16)1-3-12(11)17/h1-4,7,13,18-19H,5-6,8H2. The van der Waals surface area contributed by atoms with Crippen molar-refractivity contribution in [3.8, 4) is 0 Å². The average molecular weight is 395 g/mol. The van der Waals surface area contributed by atoms with Gasteiger partial charge in [0.15, 0.2) is 0 Å². The first-order valence-corrected chi connectivity index (χ1v) is 8.51. The Morgan fingerprint density at radius 3 is 2.75 bits per heavy atom. The lowest BCUT2D eigenvalue weighted by atomic mass is 10.1. The lowest BCUT2D eigenvalue weighted by Gasteiger charge is -2.14. The fraction of sp³-hybridized carbons (Fsp3) is 0.286. The molecule has 0 saturated heterocycles. The van der Waals surface area contributed by atoms with Crippen LogP contribution >= 0.6 is 50.5 Å². The van der Waals surface area contributed by atoms with E-state index in [0.717, 1.165) is 16.8 Å². The van der Waals surface area contributed by atoms with E-state index >= 15 is 0 Å². The van der Waals surface area contributed by atoms with Crippen LogP contribution in [0.4, 0.5) is 0 Å². The predicted molar refractivity (Wildman–Crippen MR) is 90.0 cm³/mol. The van der Waals surface area contributed by atoms with Gasteiger partial charge in [0.25, 0.3) is 0 Å². The molecule has 1 aromatic carbocycles. The summed E-state index contributed by atoms with van der Waals surface area (Å²) in [5.41, 5.74) is 0.658. The number of halogens is 3. The molecule has 2 aromatic rings. The fourth-order valence-electron chi connectivity index (χ4n) is 1.82. The topological polar surface area (TPSA) is 32.3 Å². The molecular formula is C14H14BrCl2NOS. The summed E-state index contributed by atoms with van der Waals surface area (Å²) in [4.78, 5) is 1.31. The highest BCUT2D eigenvalue weighted by molar-refractivity contribution is 9.11. The molecule has 0 spiro atoms. The smallest absolute Gasteiger partial charge is 0.0929 e. The third-order valence-electron chi connectivity index (χ3n) is 2.83. The molecule has 0 aliphatic rings. The van der Waals surface area contributed by atoms with E-state index in [9.17, 15) is 5.11 Å². The number of nitrogens with one attached hydrogen (secondary N) is 1. The maximum absolute atomic E-state index is 10.1. The normalized spacial score (nSPS) is 12.6. The van der Waals surface area contributed by atoms with Gasteiger partial charge in [-0.1, -0.05) is 23.2 Å². The van der Waals surface area contributed by atoms with Crippen LogP contribution in [0.25, 0.3) is 0 Å². The maximum atomic E-state index is 10.1. The van der Waals surface area contributed by atoms with Gasteiger partial charge in [0, 0.05) is 33.6 Å². The van der Waals surface area contributed by atoms with Gasteiger partial charge in [-0.15, -0.1) is 11.3 Å². The van der Waals surface area contributed by atoms with Gasteiger partial charge in [0.05, 0.1) is 9.89 Å². The van der Waals surface area contributed by atoms with Gasteiger partial charge in [-0.2, -0.15) is 0 Å². The number of aliphatic hydroxyl groups excluding tert-OH is 1. The minimum atomic E-state index is -0.656. The second kappa shape index (κ2) is 7.78. The van der Waals surface area contributed by atoms with E-state index in [1.165, 1.54) is 4.88 Å². The van der Waals surface area contributed by atoms with Crippen molar-refractivity contribution in [3.05, 3.63) is 54.6 Å². The highest BCUT2D eigenvalue weighted by Gasteiger charge is 2.11. The molecular weight excluding hydrogens is 381 g/mol. The number of aliphatic hydroxyl groups is 1. The Morgan fingerprint density at radius 2 is 2.05 bits per heavy atom. The second-order valence-corrected chi connectivity index (χ2v) is 7.73. The van der Waals surface area contributed by atoms with Crippen molar-refractivity contribution in [2.24, 2.45) is 0 Å². The summed E-state index contributed by atoms with van der Waals surface area (Å²) in [6, 6.07) is 9.25. The molecule has 0 bridgehead atoms. The van der Waals surface area contributed by atoms with Gasteiger partial charge in [-0.25, -0.2) is 0 Å². The lowest BCUT2D eigenvalue weighted by Crippen LogP contribution is -2.23. The molecule has 2 nitrogen and oxygen atoms in total. The van der Waals surface area contributed by atoms with Crippen molar-refractivity contribution in [3.63, 3.8) is 0 Å². The first kappa shape index (κ1) is 16.3. The first-order valence-electron chi connectivity index (χ1n) is 6.14. The summed E-state index contributed by atoms with van der Waals surface area (Å²) in [7, 11) is 0. The number of benzene rings is 1. The van der Waals surface area contributed by atoms with E-state index in [-0.39, 0.29) is 0 Å². The van der Waals surface area contributed by atoms with Crippen LogP contribution in [0, 0.1) is 0 Å². The van der Waals surface area contributed by atoms with Crippen LogP contribution in [0.1, 0.15) is 16.5 Å². The van der Waals surface area contributed by atoms with E-state index in [4.69, 9.17) is 23.2 Å². The molecule has 0 radical (unpaired) electrons. The summed E-state index contributed by atoms with van der Waals surface area (Å²) in [5, 5.41) is 14.5. The summed E-state index contributed by atoms with van der Waals surface area (Å²) in [5.74, 6) is 0. The summed E-state index contributed by atoms with van der Waals surface area (Å²) in [6.07, 6.45) is 0.281. The molecule has 20 heavy (non-hydrogen) atoms. The van der Waals surface area contributed by atoms with Crippen molar-refractivity contribution >= 4 is 50.5 Å². The van der Waals surface area contributed by atoms with Gasteiger partial charge < -0.3 is 10.4 Å². The number of hydrogen-bond acceptors (Lipinski definition) is 3. The van der Waals surface area contributed by atoms with E-state index in [2.05, 4.69) is 27.3 Å². The minimum Gasteiger partial charge on any atom is -0.387 e. The Hall–Kier alpha value is -0.100. The summed E-state index contributed by atoms with van der Waals surface area (Å²) in [6.45, 7) is 1.26. The van der Waals surface area contributed by atoms with Gasteiger partial charge in [-0.05, 0) is 52.7 Å². The van der Waals surface area contributed by atoms with Crippen LogP contribution in [-0.4, -0.2) is 18.2 Å². The molecule has 0 amide bonds. The van der Waals surface area contributed by atoms with Gasteiger partial charge in [0.1, 0.15) is 0 Å². The molecule has 2 N–H and O–H groups in total. The van der Waals surface area contributed by atoms with Gasteiger partial charge >= 0.3 is 0 Å². The van der Waals surface area contributed by atoms with Gasteiger partial charge in [-0.3, -0.25) is 0 Å².